The quantitative estimate of drug-likeness (QED) is 0.767. The molecule has 9 nitrogen and oxygen atoms in total. The Kier molecular flexibility index (Phi) is 6.31. The van der Waals surface area contributed by atoms with E-state index in [0.717, 1.165) is 31.9 Å². The second-order valence-corrected chi connectivity index (χ2v) is 8.59. The van der Waals surface area contributed by atoms with Crippen molar-refractivity contribution < 1.29 is 19.5 Å². The van der Waals surface area contributed by atoms with Gasteiger partial charge in [-0.1, -0.05) is 6.07 Å². The lowest BCUT2D eigenvalue weighted by Crippen LogP contribution is -2.55. The van der Waals surface area contributed by atoms with Crippen LogP contribution in [0.15, 0.2) is 24.3 Å². The van der Waals surface area contributed by atoms with E-state index in [0.29, 0.717) is 51.1 Å². The fraction of sp³-hybridized carbons (Fsp3) is 0.591. The lowest BCUT2D eigenvalue weighted by Gasteiger charge is -2.37. The van der Waals surface area contributed by atoms with E-state index in [9.17, 15) is 19.5 Å². The number of benzene rings is 1. The van der Waals surface area contributed by atoms with Gasteiger partial charge in [0.1, 0.15) is 6.04 Å². The topological polar surface area (TPSA) is 87.6 Å². The molecule has 3 saturated heterocycles. The molecule has 3 fully saturated rings. The van der Waals surface area contributed by atoms with E-state index in [2.05, 4.69) is 22.9 Å². The van der Waals surface area contributed by atoms with Gasteiger partial charge in [-0.15, -0.1) is 0 Å². The summed E-state index contributed by atoms with van der Waals surface area (Å²) in [5.41, 5.74) is 1.74. The van der Waals surface area contributed by atoms with Crippen LogP contribution in [0.25, 0.3) is 0 Å². The molecule has 1 atom stereocenters. The number of rotatable bonds is 3. The lowest BCUT2D eigenvalue weighted by molar-refractivity contribution is -0.136. The molecule has 1 aromatic carbocycles. The Labute approximate surface area is 182 Å². The maximum absolute atomic E-state index is 13.1. The number of likely N-dealkylation sites (N-methyl/N-ethyl adjacent to an activating group) is 1. The first kappa shape index (κ1) is 21.4. The minimum atomic E-state index is -1.04. The van der Waals surface area contributed by atoms with Crippen molar-refractivity contribution >= 4 is 23.6 Å². The van der Waals surface area contributed by atoms with Gasteiger partial charge in [-0.25, -0.2) is 4.79 Å². The van der Waals surface area contributed by atoms with Gasteiger partial charge in [0.25, 0.3) is 5.91 Å². The van der Waals surface area contributed by atoms with E-state index in [1.54, 1.807) is 9.80 Å². The van der Waals surface area contributed by atoms with Crippen molar-refractivity contribution in [1.82, 2.24) is 19.6 Å². The van der Waals surface area contributed by atoms with Crippen molar-refractivity contribution in [2.75, 3.05) is 70.9 Å². The normalized spacial score (nSPS) is 22.7. The van der Waals surface area contributed by atoms with Crippen LogP contribution in [-0.4, -0.2) is 115 Å². The number of likely N-dealkylation sites (tertiary alicyclic amines) is 1. The molecule has 9 heteroatoms. The molecule has 3 aliphatic heterocycles. The second kappa shape index (κ2) is 9.13. The molecule has 0 saturated carbocycles. The van der Waals surface area contributed by atoms with E-state index in [1.165, 1.54) is 4.90 Å². The highest BCUT2D eigenvalue weighted by Crippen LogP contribution is 2.22. The Morgan fingerprint density at radius 2 is 1.58 bits per heavy atom. The number of hydrogen-bond donors (Lipinski definition) is 1. The zero-order valence-electron chi connectivity index (χ0n) is 18.1. The van der Waals surface area contributed by atoms with Crippen molar-refractivity contribution in [2.24, 2.45) is 0 Å². The van der Waals surface area contributed by atoms with Crippen LogP contribution in [0.4, 0.5) is 10.5 Å². The van der Waals surface area contributed by atoms with Gasteiger partial charge in [-0.2, -0.15) is 0 Å². The monoisotopic (exact) mass is 429 g/mol. The Hall–Kier alpha value is -2.81. The summed E-state index contributed by atoms with van der Waals surface area (Å²) in [6.45, 7) is 6.12. The summed E-state index contributed by atoms with van der Waals surface area (Å²) in [7, 11) is 2.12. The van der Waals surface area contributed by atoms with Crippen molar-refractivity contribution in [1.29, 1.82) is 0 Å². The lowest BCUT2D eigenvalue weighted by atomic mass is 10.1. The summed E-state index contributed by atoms with van der Waals surface area (Å²) in [6, 6.07) is 7.22. The first-order valence-electron chi connectivity index (χ1n) is 11.1. The standard InChI is InChI=1S/C22H31N5O4/c1-23-8-10-24(11-9-23)18-5-2-4-17(16-18)20(28)25-12-14-26(15-13-25)21(29)19-6-3-7-27(19)22(30)31/h2,4-5,16,19H,3,6-15H2,1H3,(H,30,31)/t19-/m0/s1. The zero-order chi connectivity index (χ0) is 22.0. The minimum absolute atomic E-state index is 0.0175. The predicted octanol–water partition coefficient (Wildman–Crippen LogP) is 0.865. The molecule has 3 amide bonds. The third-order valence-electron chi connectivity index (χ3n) is 6.62. The van der Waals surface area contributed by atoms with Crippen LogP contribution in [0.2, 0.25) is 0 Å². The molecule has 1 N–H and O–H groups in total. The number of carbonyl (C=O) groups excluding carboxylic acids is 2. The van der Waals surface area contributed by atoms with Gasteiger partial charge >= 0.3 is 6.09 Å². The van der Waals surface area contributed by atoms with E-state index < -0.39 is 12.1 Å². The van der Waals surface area contributed by atoms with Crippen LogP contribution >= 0.6 is 0 Å². The average Bonchev–Trinajstić information content (AvgIpc) is 3.29. The number of anilines is 1. The highest BCUT2D eigenvalue weighted by molar-refractivity contribution is 5.95. The molecule has 0 bridgehead atoms. The Morgan fingerprint density at radius 3 is 2.26 bits per heavy atom. The maximum Gasteiger partial charge on any atom is 0.407 e. The molecule has 0 radical (unpaired) electrons. The first-order chi connectivity index (χ1) is 14.9. The van der Waals surface area contributed by atoms with Gasteiger partial charge in [0.2, 0.25) is 5.91 Å². The minimum Gasteiger partial charge on any atom is -0.465 e. The van der Waals surface area contributed by atoms with Crippen LogP contribution in [0, 0.1) is 0 Å². The molecule has 31 heavy (non-hydrogen) atoms. The molecule has 3 heterocycles. The Morgan fingerprint density at radius 1 is 0.903 bits per heavy atom. The molecule has 168 valence electrons. The molecule has 3 aliphatic rings. The third-order valence-corrected chi connectivity index (χ3v) is 6.62. The third kappa shape index (κ3) is 4.61. The smallest absolute Gasteiger partial charge is 0.407 e. The van der Waals surface area contributed by atoms with Crippen molar-refractivity contribution in [3.63, 3.8) is 0 Å². The molecule has 1 aromatic rings. The van der Waals surface area contributed by atoms with E-state index >= 15 is 0 Å². The Bertz CT molecular complexity index is 831. The van der Waals surface area contributed by atoms with Gasteiger partial charge in [-0.05, 0) is 38.1 Å². The highest BCUT2D eigenvalue weighted by atomic mass is 16.4. The van der Waals surface area contributed by atoms with E-state index in [-0.39, 0.29) is 11.8 Å². The van der Waals surface area contributed by atoms with Crippen LogP contribution in [0.3, 0.4) is 0 Å². The SMILES string of the molecule is CN1CCN(c2cccc(C(=O)N3CCN(C(=O)[C@@H]4CCCN4C(=O)O)CC3)c2)CC1. The number of amides is 3. The summed E-state index contributed by atoms with van der Waals surface area (Å²) in [5.74, 6) is -0.153. The summed E-state index contributed by atoms with van der Waals surface area (Å²) in [6.07, 6.45) is 0.249. The fourth-order valence-electron chi connectivity index (χ4n) is 4.68. The zero-order valence-corrected chi connectivity index (χ0v) is 18.1. The summed E-state index contributed by atoms with van der Waals surface area (Å²) in [5, 5.41) is 9.30. The number of piperazine rings is 2. The summed E-state index contributed by atoms with van der Waals surface area (Å²) >= 11 is 0. The average molecular weight is 430 g/mol. The van der Waals surface area contributed by atoms with Gasteiger partial charge in [0.05, 0.1) is 0 Å². The second-order valence-electron chi connectivity index (χ2n) is 8.59. The summed E-state index contributed by atoms with van der Waals surface area (Å²) in [4.78, 5) is 46.6. The van der Waals surface area contributed by atoms with Gasteiger partial charge in [0, 0.05) is 70.2 Å². The fourth-order valence-corrected chi connectivity index (χ4v) is 4.68. The van der Waals surface area contributed by atoms with Crippen LogP contribution in [-0.2, 0) is 4.79 Å². The van der Waals surface area contributed by atoms with Crippen molar-refractivity contribution in [3.05, 3.63) is 29.8 Å². The molecular weight excluding hydrogens is 398 g/mol. The highest BCUT2D eigenvalue weighted by Gasteiger charge is 2.37. The maximum atomic E-state index is 13.1. The molecule has 4 rings (SSSR count). The number of carbonyl (C=O) groups is 3. The predicted molar refractivity (Wildman–Crippen MR) is 116 cm³/mol. The summed E-state index contributed by atoms with van der Waals surface area (Å²) < 4.78 is 0. The first-order valence-corrected chi connectivity index (χ1v) is 11.1. The van der Waals surface area contributed by atoms with Crippen LogP contribution in [0.1, 0.15) is 23.2 Å². The molecule has 0 aliphatic carbocycles. The molecule has 0 aromatic heterocycles. The van der Waals surface area contributed by atoms with Gasteiger partial charge < -0.3 is 24.7 Å². The van der Waals surface area contributed by atoms with Crippen molar-refractivity contribution in [2.45, 2.75) is 18.9 Å². The van der Waals surface area contributed by atoms with Crippen molar-refractivity contribution in [3.8, 4) is 0 Å². The largest absolute Gasteiger partial charge is 0.465 e. The van der Waals surface area contributed by atoms with E-state index in [4.69, 9.17) is 0 Å². The number of carboxylic acid groups (broad SMARTS) is 1. The number of hydrogen-bond acceptors (Lipinski definition) is 5. The van der Waals surface area contributed by atoms with Gasteiger partial charge in [0.15, 0.2) is 0 Å². The van der Waals surface area contributed by atoms with Gasteiger partial charge in [-0.3, -0.25) is 14.5 Å². The number of nitrogens with zero attached hydrogens (tertiary/aromatic N) is 5. The molecule has 0 unspecified atom stereocenters. The molecular formula is C22H31N5O4. The van der Waals surface area contributed by atoms with E-state index in [1.807, 2.05) is 18.2 Å². The van der Waals surface area contributed by atoms with Crippen LogP contribution in [0.5, 0.6) is 0 Å². The van der Waals surface area contributed by atoms with Crippen LogP contribution < -0.4 is 4.90 Å². The molecule has 0 spiro atoms. The Balaban J connectivity index is 1.35.